The minimum atomic E-state index is -1.11. The Balaban J connectivity index is 1.43. The number of nitrogens with zero attached hydrogens (tertiary/aromatic N) is 1. The van der Waals surface area contributed by atoms with Crippen LogP contribution in [0.25, 0.3) is 17.0 Å². The zero-order valence-electron chi connectivity index (χ0n) is 19.0. The van der Waals surface area contributed by atoms with Crippen molar-refractivity contribution < 1.29 is 24.2 Å². The molecule has 0 fully saturated rings. The molecule has 0 spiro atoms. The van der Waals surface area contributed by atoms with Crippen LogP contribution < -0.4 is 9.47 Å². The molecule has 4 aromatic rings. The Hall–Kier alpha value is -4.23. The number of H-pyrrole nitrogens is 1. The van der Waals surface area contributed by atoms with E-state index in [0.29, 0.717) is 30.0 Å². The lowest BCUT2D eigenvalue weighted by molar-refractivity contribution is -0.128. The molecule has 7 nitrogen and oxygen atoms in total. The molecule has 2 aliphatic rings. The molecule has 1 atom stereocenters. The van der Waals surface area contributed by atoms with Gasteiger partial charge in [-0.25, -0.2) is 4.79 Å². The first-order valence-electron chi connectivity index (χ1n) is 11.5. The molecule has 0 bridgehead atoms. The maximum absolute atomic E-state index is 13.6. The second-order valence-electron chi connectivity index (χ2n) is 8.70. The van der Waals surface area contributed by atoms with Crippen LogP contribution in [-0.4, -0.2) is 40.2 Å². The van der Waals surface area contributed by atoms with Crippen molar-refractivity contribution in [2.24, 2.45) is 0 Å². The van der Waals surface area contributed by atoms with Crippen LogP contribution in [0.1, 0.15) is 38.8 Å². The number of nitrogens with one attached hydrogen (secondary N) is 1. The van der Waals surface area contributed by atoms with E-state index in [-0.39, 0.29) is 23.3 Å². The highest BCUT2D eigenvalue weighted by Crippen LogP contribution is 2.42. The molecule has 1 unspecified atom stereocenters. The molecule has 2 aliphatic heterocycles. The average molecular weight is 501 g/mol. The van der Waals surface area contributed by atoms with Gasteiger partial charge in [0.2, 0.25) is 12.7 Å². The van der Waals surface area contributed by atoms with Gasteiger partial charge in [0.05, 0.1) is 11.6 Å². The molecule has 180 valence electrons. The minimum Gasteiger partial charge on any atom is -0.478 e. The summed E-state index contributed by atoms with van der Waals surface area (Å²) in [5, 5.41) is 10.9. The third kappa shape index (κ3) is 3.69. The zero-order chi connectivity index (χ0) is 24.8. The van der Waals surface area contributed by atoms with E-state index in [9.17, 15) is 14.7 Å². The number of ether oxygens (including phenoxy) is 2. The second-order valence-corrected chi connectivity index (χ2v) is 9.11. The lowest BCUT2D eigenvalue weighted by atomic mass is 9.92. The minimum absolute atomic E-state index is 0.0374. The number of aromatic carboxylic acids is 1. The van der Waals surface area contributed by atoms with Crippen molar-refractivity contribution in [1.29, 1.82) is 0 Å². The van der Waals surface area contributed by atoms with Gasteiger partial charge in [-0.05, 0) is 54.0 Å². The summed E-state index contributed by atoms with van der Waals surface area (Å²) in [6, 6.07) is 18.1. The molecule has 0 aliphatic carbocycles. The molecular weight excluding hydrogens is 480 g/mol. The van der Waals surface area contributed by atoms with E-state index in [1.54, 1.807) is 17.0 Å². The molecule has 0 radical (unpaired) electrons. The molecule has 3 heterocycles. The summed E-state index contributed by atoms with van der Waals surface area (Å²) in [7, 11) is 0. The summed E-state index contributed by atoms with van der Waals surface area (Å²) in [6.45, 7) is 0.654. The van der Waals surface area contributed by atoms with E-state index in [1.807, 2.05) is 36.4 Å². The first-order valence-corrected chi connectivity index (χ1v) is 11.9. The topological polar surface area (TPSA) is 91.9 Å². The smallest absolute Gasteiger partial charge is 0.336 e. The van der Waals surface area contributed by atoms with Crippen LogP contribution in [0, 0.1) is 0 Å². The van der Waals surface area contributed by atoms with Crippen molar-refractivity contribution in [3.63, 3.8) is 0 Å². The van der Waals surface area contributed by atoms with E-state index < -0.39 is 12.0 Å². The van der Waals surface area contributed by atoms with Crippen LogP contribution in [0.5, 0.6) is 11.5 Å². The van der Waals surface area contributed by atoms with Crippen LogP contribution in [0.3, 0.4) is 0 Å². The first-order chi connectivity index (χ1) is 17.5. The zero-order valence-corrected chi connectivity index (χ0v) is 19.8. The Morgan fingerprint density at radius 3 is 2.75 bits per heavy atom. The lowest BCUT2D eigenvalue weighted by Gasteiger charge is -2.35. The predicted octanol–water partition coefficient (Wildman–Crippen LogP) is 5.44. The number of carboxylic acid groups (broad SMARTS) is 1. The Morgan fingerprint density at radius 1 is 1.06 bits per heavy atom. The van der Waals surface area contributed by atoms with Gasteiger partial charge in [-0.2, -0.15) is 0 Å². The van der Waals surface area contributed by atoms with Gasteiger partial charge in [0.1, 0.15) is 0 Å². The largest absolute Gasteiger partial charge is 0.478 e. The molecule has 1 aromatic heterocycles. The van der Waals surface area contributed by atoms with Gasteiger partial charge in [0.25, 0.3) is 0 Å². The molecule has 6 rings (SSSR count). The Labute approximate surface area is 211 Å². The van der Waals surface area contributed by atoms with Crippen LogP contribution in [0.4, 0.5) is 0 Å². The number of amides is 1. The van der Waals surface area contributed by atoms with Gasteiger partial charge in [0, 0.05) is 39.8 Å². The van der Waals surface area contributed by atoms with Crippen molar-refractivity contribution in [3.05, 3.63) is 99.7 Å². The predicted molar refractivity (Wildman–Crippen MR) is 136 cm³/mol. The Kier molecular flexibility index (Phi) is 5.42. The number of rotatable bonds is 4. The van der Waals surface area contributed by atoms with Gasteiger partial charge in [-0.1, -0.05) is 41.9 Å². The van der Waals surface area contributed by atoms with Crippen molar-refractivity contribution in [3.8, 4) is 11.5 Å². The number of aromatic amines is 1. The van der Waals surface area contributed by atoms with E-state index in [4.69, 9.17) is 21.1 Å². The average Bonchev–Trinajstić information content (AvgIpc) is 3.51. The Morgan fingerprint density at radius 2 is 1.89 bits per heavy atom. The number of para-hydroxylation sites is 1. The van der Waals surface area contributed by atoms with E-state index >= 15 is 0 Å². The highest BCUT2D eigenvalue weighted by molar-refractivity contribution is 6.32. The van der Waals surface area contributed by atoms with Gasteiger partial charge in [-0.3, -0.25) is 4.79 Å². The molecule has 1 amide bonds. The number of fused-ring (bicyclic) bond motifs is 4. The fourth-order valence-electron chi connectivity index (χ4n) is 5.05. The second kappa shape index (κ2) is 8.77. The molecule has 0 saturated heterocycles. The van der Waals surface area contributed by atoms with Crippen LogP contribution in [0.2, 0.25) is 5.02 Å². The quantitative estimate of drug-likeness (QED) is 0.364. The van der Waals surface area contributed by atoms with Crippen LogP contribution in [-0.2, 0) is 11.2 Å². The highest BCUT2D eigenvalue weighted by Gasteiger charge is 2.34. The van der Waals surface area contributed by atoms with Crippen LogP contribution in [0.15, 0.2) is 66.7 Å². The number of hydrogen-bond donors (Lipinski definition) is 2. The van der Waals surface area contributed by atoms with E-state index in [2.05, 4.69) is 11.1 Å². The number of aromatic nitrogens is 1. The van der Waals surface area contributed by atoms with Gasteiger partial charge >= 0.3 is 5.97 Å². The monoisotopic (exact) mass is 500 g/mol. The highest BCUT2D eigenvalue weighted by atomic mass is 35.5. The molecule has 2 N–H and O–H groups in total. The van der Waals surface area contributed by atoms with Crippen LogP contribution >= 0.6 is 11.6 Å². The summed E-state index contributed by atoms with van der Waals surface area (Å²) in [6.07, 6.45) is 3.55. The van der Waals surface area contributed by atoms with E-state index in [1.165, 1.54) is 23.8 Å². The standard InChI is InChI=1S/C28H21ClN2O5/c29-21-6-3-5-20(28(33)34)17(21)9-11-25(32)31-13-12-19-18-4-1-2-7-22(18)30-26(19)27(31)16-8-10-23-24(14-16)36-15-35-23/h1-11,14,27,30H,12-13,15H2,(H,33,34)/b11-9+. The van der Waals surface area contributed by atoms with Gasteiger partial charge in [0.15, 0.2) is 11.5 Å². The maximum Gasteiger partial charge on any atom is 0.336 e. The number of halogens is 1. The molecular formula is C28H21ClN2O5. The molecule has 3 aromatic carbocycles. The summed E-state index contributed by atoms with van der Waals surface area (Å²) >= 11 is 6.26. The fourth-order valence-corrected chi connectivity index (χ4v) is 5.29. The number of carbonyl (C=O) groups excluding carboxylic acids is 1. The van der Waals surface area contributed by atoms with Gasteiger partial charge in [-0.15, -0.1) is 0 Å². The third-order valence-electron chi connectivity index (χ3n) is 6.71. The summed E-state index contributed by atoms with van der Waals surface area (Å²) in [4.78, 5) is 30.6. The summed E-state index contributed by atoms with van der Waals surface area (Å²) < 4.78 is 11.1. The number of carbonyl (C=O) groups is 2. The lowest BCUT2D eigenvalue weighted by Crippen LogP contribution is -2.39. The summed E-state index contributed by atoms with van der Waals surface area (Å²) in [5.41, 5.74) is 4.36. The Bertz CT molecular complexity index is 1560. The van der Waals surface area contributed by atoms with Crippen molar-refractivity contribution in [2.45, 2.75) is 12.5 Å². The van der Waals surface area contributed by atoms with Crippen molar-refractivity contribution in [2.75, 3.05) is 13.3 Å². The third-order valence-corrected chi connectivity index (χ3v) is 7.04. The van der Waals surface area contributed by atoms with Crippen molar-refractivity contribution in [1.82, 2.24) is 9.88 Å². The van der Waals surface area contributed by atoms with Gasteiger partial charge < -0.3 is 24.5 Å². The fraction of sp³-hybridized carbons (Fsp3) is 0.143. The van der Waals surface area contributed by atoms with E-state index in [0.717, 1.165) is 22.2 Å². The molecule has 8 heteroatoms. The van der Waals surface area contributed by atoms with Crippen molar-refractivity contribution >= 4 is 40.5 Å². The SMILES string of the molecule is O=C(O)c1cccc(Cl)c1/C=C/C(=O)N1CCc2c([nH]c3ccccc23)C1c1ccc2c(c1)OCO2. The number of carboxylic acids is 1. The summed E-state index contributed by atoms with van der Waals surface area (Å²) in [5.74, 6) is -0.0493. The number of hydrogen-bond acceptors (Lipinski definition) is 4. The maximum atomic E-state index is 13.6. The molecule has 36 heavy (non-hydrogen) atoms. The normalized spacial score (nSPS) is 16.5. The molecule has 0 saturated carbocycles. The number of benzene rings is 3. The first kappa shape index (κ1) is 22.2.